The maximum atomic E-state index is 2.47. The van der Waals surface area contributed by atoms with Crippen LogP contribution in [0.2, 0.25) is 0 Å². The summed E-state index contributed by atoms with van der Waals surface area (Å²) >= 11 is 1.88. The smallest absolute Gasteiger partial charge is 0.0640 e. The molecular formula is C52H33NS. The highest BCUT2D eigenvalue weighted by Gasteiger charge is 2.21. The number of benzene rings is 10. The van der Waals surface area contributed by atoms with Crippen molar-refractivity contribution < 1.29 is 0 Å². The first-order valence-corrected chi connectivity index (χ1v) is 19.3. The van der Waals surface area contributed by atoms with Crippen molar-refractivity contribution in [3.63, 3.8) is 0 Å². The first kappa shape index (κ1) is 30.8. The third kappa shape index (κ3) is 4.92. The average Bonchev–Trinajstić information content (AvgIpc) is 3.61. The lowest BCUT2D eigenvalue weighted by atomic mass is 9.90. The molecule has 0 fully saturated rings. The number of anilines is 3. The second kappa shape index (κ2) is 12.4. The second-order valence-electron chi connectivity index (χ2n) is 14.1. The Bertz CT molecular complexity index is 3200. The Labute approximate surface area is 317 Å². The number of fused-ring (bicyclic) bond motifs is 9. The zero-order valence-electron chi connectivity index (χ0n) is 29.4. The zero-order valence-corrected chi connectivity index (χ0v) is 30.2. The molecule has 1 aromatic heterocycles. The fourth-order valence-electron chi connectivity index (χ4n) is 8.48. The van der Waals surface area contributed by atoms with Gasteiger partial charge in [-0.15, -0.1) is 11.3 Å². The molecule has 0 amide bonds. The molecule has 0 spiro atoms. The molecule has 11 aromatic rings. The maximum absolute atomic E-state index is 2.47. The van der Waals surface area contributed by atoms with Crippen molar-refractivity contribution in [2.45, 2.75) is 0 Å². The minimum Gasteiger partial charge on any atom is -0.308 e. The van der Waals surface area contributed by atoms with Crippen molar-refractivity contribution in [1.82, 2.24) is 0 Å². The summed E-state index contributed by atoms with van der Waals surface area (Å²) in [5.74, 6) is 0. The van der Waals surface area contributed by atoms with Crippen LogP contribution in [-0.4, -0.2) is 0 Å². The van der Waals surface area contributed by atoms with Gasteiger partial charge < -0.3 is 4.90 Å². The SMILES string of the molecule is c1ccc(-c2ccccc2N(c2ccc(-c3cc4ccccc4c4c3ccc3ccccc34)cc2)c2cccc3c2sc2cc4ccccc4cc23)cc1. The summed E-state index contributed by atoms with van der Waals surface area (Å²) in [6.07, 6.45) is 0. The summed E-state index contributed by atoms with van der Waals surface area (Å²) in [5.41, 5.74) is 8.28. The molecule has 0 saturated carbocycles. The van der Waals surface area contributed by atoms with Gasteiger partial charge in [0, 0.05) is 26.7 Å². The number of hydrogen-bond acceptors (Lipinski definition) is 2. The molecule has 0 aliphatic heterocycles. The quantitative estimate of drug-likeness (QED) is 0.161. The Balaban J connectivity index is 1.14. The molecule has 0 N–H and O–H groups in total. The van der Waals surface area contributed by atoms with Crippen molar-refractivity contribution in [3.05, 3.63) is 200 Å². The molecule has 54 heavy (non-hydrogen) atoms. The Morgan fingerprint density at radius 1 is 0.333 bits per heavy atom. The standard InChI is InChI=1S/C52H33NS/c1-2-13-34(14-3-1)41-19-10-11-23-48(41)53(49-24-12-22-45-47-31-37-16-4-5-17-38(37)33-50(47)54-52(45)49)40-28-25-36(26-29-40)46-32-39-18-7-9-21-43(39)51-42-20-8-6-15-35(42)27-30-44(46)51/h1-33H. The number of thiophene rings is 1. The zero-order chi connectivity index (χ0) is 35.6. The normalized spacial score (nSPS) is 11.7. The maximum Gasteiger partial charge on any atom is 0.0640 e. The van der Waals surface area contributed by atoms with Gasteiger partial charge in [-0.05, 0) is 102 Å². The highest BCUT2D eigenvalue weighted by atomic mass is 32.1. The summed E-state index contributed by atoms with van der Waals surface area (Å²) in [6, 6.07) is 73.5. The number of hydrogen-bond donors (Lipinski definition) is 0. The molecule has 252 valence electrons. The Morgan fingerprint density at radius 2 is 0.944 bits per heavy atom. The number of nitrogens with zero attached hydrogens (tertiary/aromatic N) is 1. The molecule has 0 radical (unpaired) electrons. The molecular weight excluding hydrogens is 671 g/mol. The van der Waals surface area contributed by atoms with Crippen LogP contribution in [0.4, 0.5) is 17.1 Å². The van der Waals surface area contributed by atoms with Gasteiger partial charge >= 0.3 is 0 Å². The molecule has 1 heterocycles. The van der Waals surface area contributed by atoms with Gasteiger partial charge in [0.15, 0.2) is 0 Å². The van der Waals surface area contributed by atoms with Crippen LogP contribution in [0.25, 0.3) is 85.5 Å². The van der Waals surface area contributed by atoms with Crippen LogP contribution in [0.3, 0.4) is 0 Å². The van der Waals surface area contributed by atoms with E-state index in [-0.39, 0.29) is 0 Å². The summed E-state index contributed by atoms with van der Waals surface area (Å²) in [5, 5.41) is 12.8. The molecule has 0 unspecified atom stereocenters. The lowest BCUT2D eigenvalue weighted by molar-refractivity contribution is 1.30. The van der Waals surface area contributed by atoms with Crippen molar-refractivity contribution in [1.29, 1.82) is 0 Å². The molecule has 0 atom stereocenters. The van der Waals surface area contributed by atoms with E-state index in [0.717, 1.165) is 11.4 Å². The van der Waals surface area contributed by atoms with E-state index in [1.54, 1.807) is 0 Å². The molecule has 0 aliphatic carbocycles. The summed E-state index contributed by atoms with van der Waals surface area (Å²) < 4.78 is 2.58. The van der Waals surface area contributed by atoms with Gasteiger partial charge in [-0.25, -0.2) is 0 Å². The van der Waals surface area contributed by atoms with Gasteiger partial charge in [0.1, 0.15) is 0 Å². The van der Waals surface area contributed by atoms with Crippen molar-refractivity contribution in [2.75, 3.05) is 4.90 Å². The number of para-hydroxylation sites is 1. The topological polar surface area (TPSA) is 3.24 Å². The van der Waals surface area contributed by atoms with E-state index < -0.39 is 0 Å². The van der Waals surface area contributed by atoms with E-state index in [4.69, 9.17) is 0 Å². The molecule has 2 heteroatoms. The van der Waals surface area contributed by atoms with Crippen LogP contribution in [0.15, 0.2) is 200 Å². The highest BCUT2D eigenvalue weighted by molar-refractivity contribution is 7.26. The monoisotopic (exact) mass is 703 g/mol. The fraction of sp³-hybridized carbons (Fsp3) is 0. The lowest BCUT2D eigenvalue weighted by Gasteiger charge is -2.28. The summed E-state index contributed by atoms with van der Waals surface area (Å²) in [4.78, 5) is 2.47. The third-order valence-electron chi connectivity index (χ3n) is 11.0. The largest absolute Gasteiger partial charge is 0.308 e. The van der Waals surface area contributed by atoms with Crippen LogP contribution < -0.4 is 4.90 Å². The van der Waals surface area contributed by atoms with Gasteiger partial charge in [-0.1, -0.05) is 158 Å². The van der Waals surface area contributed by atoms with Gasteiger partial charge in [0.2, 0.25) is 0 Å². The summed E-state index contributed by atoms with van der Waals surface area (Å²) in [6.45, 7) is 0. The average molecular weight is 704 g/mol. The van der Waals surface area contributed by atoms with Gasteiger partial charge in [0.05, 0.1) is 16.1 Å². The van der Waals surface area contributed by atoms with E-state index in [9.17, 15) is 0 Å². The summed E-state index contributed by atoms with van der Waals surface area (Å²) in [7, 11) is 0. The molecule has 0 saturated heterocycles. The van der Waals surface area contributed by atoms with E-state index in [2.05, 4.69) is 205 Å². The predicted octanol–water partition coefficient (Wildman–Crippen LogP) is 15.5. The van der Waals surface area contributed by atoms with Crippen LogP contribution in [0.5, 0.6) is 0 Å². The Morgan fingerprint density at radius 3 is 1.76 bits per heavy atom. The van der Waals surface area contributed by atoms with Crippen LogP contribution >= 0.6 is 11.3 Å². The van der Waals surface area contributed by atoms with Crippen LogP contribution in [-0.2, 0) is 0 Å². The van der Waals surface area contributed by atoms with E-state index in [1.165, 1.54) is 91.2 Å². The van der Waals surface area contributed by atoms with E-state index in [1.807, 2.05) is 11.3 Å². The minimum atomic E-state index is 1.12. The lowest BCUT2D eigenvalue weighted by Crippen LogP contribution is -2.11. The van der Waals surface area contributed by atoms with Gasteiger partial charge in [-0.2, -0.15) is 0 Å². The van der Waals surface area contributed by atoms with Gasteiger partial charge in [0.25, 0.3) is 0 Å². The van der Waals surface area contributed by atoms with Crippen molar-refractivity contribution >= 4 is 91.7 Å². The fourth-order valence-corrected chi connectivity index (χ4v) is 9.72. The first-order chi connectivity index (χ1) is 26.8. The minimum absolute atomic E-state index is 1.12. The van der Waals surface area contributed by atoms with E-state index >= 15 is 0 Å². The Hall–Kier alpha value is -6.74. The Kier molecular flexibility index (Phi) is 7.11. The predicted molar refractivity (Wildman–Crippen MR) is 235 cm³/mol. The molecule has 0 aliphatic rings. The second-order valence-corrected chi connectivity index (χ2v) is 15.1. The molecule has 11 rings (SSSR count). The molecule has 0 bridgehead atoms. The molecule has 10 aromatic carbocycles. The van der Waals surface area contributed by atoms with E-state index in [0.29, 0.717) is 0 Å². The van der Waals surface area contributed by atoms with Crippen molar-refractivity contribution in [3.8, 4) is 22.3 Å². The van der Waals surface area contributed by atoms with Gasteiger partial charge in [-0.3, -0.25) is 0 Å². The number of rotatable bonds is 5. The molecule has 1 nitrogen and oxygen atoms in total. The van der Waals surface area contributed by atoms with Crippen LogP contribution in [0, 0.1) is 0 Å². The third-order valence-corrected chi connectivity index (χ3v) is 12.2. The van der Waals surface area contributed by atoms with Crippen molar-refractivity contribution in [2.24, 2.45) is 0 Å². The first-order valence-electron chi connectivity index (χ1n) is 18.5. The van der Waals surface area contributed by atoms with Crippen LogP contribution in [0.1, 0.15) is 0 Å². The highest BCUT2D eigenvalue weighted by Crippen LogP contribution is 2.48.